The molecule has 0 aromatic heterocycles. The predicted octanol–water partition coefficient (Wildman–Crippen LogP) is 1.58. The van der Waals surface area contributed by atoms with Gasteiger partial charge in [-0.1, -0.05) is 0 Å². The first-order chi connectivity index (χ1) is 9.03. The number of esters is 3. The van der Waals surface area contributed by atoms with E-state index in [-0.39, 0.29) is 30.3 Å². The van der Waals surface area contributed by atoms with Gasteiger partial charge in [-0.15, -0.1) is 20.3 Å². The highest BCUT2D eigenvalue weighted by molar-refractivity contribution is 7.57. The van der Waals surface area contributed by atoms with E-state index in [0.717, 1.165) is 0 Å². The molecule has 0 heterocycles. The van der Waals surface area contributed by atoms with Gasteiger partial charge in [0.15, 0.2) is 0 Å². The van der Waals surface area contributed by atoms with E-state index in [1.807, 2.05) is 0 Å². The van der Waals surface area contributed by atoms with Crippen molar-refractivity contribution in [2.24, 2.45) is 0 Å². The van der Waals surface area contributed by atoms with Crippen LogP contribution in [0.3, 0.4) is 0 Å². The van der Waals surface area contributed by atoms with Crippen LogP contribution in [0.2, 0.25) is 0 Å². The molecule has 118 valence electrons. The summed E-state index contributed by atoms with van der Waals surface area (Å²) in [4.78, 5) is 33.3. The molecule has 0 N–H and O–H groups in total. The lowest BCUT2D eigenvalue weighted by Crippen LogP contribution is -2.10. The third-order valence-corrected chi connectivity index (χ3v) is 5.15. The summed E-state index contributed by atoms with van der Waals surface area (Å²) in [5.41, 5.74) is 0. The van der Waals surface area contributed by atoms with Crippen LogP contribution in [0.15, 0.2) is 0 Å². The molecule has 0 radical (unpaired) electrons. The van der Waals surface area contributed by atoms with E-state index >= 15 is 0 Å². The number of halogens is 1. The second-order valence-electron chi connectivity index (χ2n) is 3.82. The minimum atomic E-state index is -0.578. The van der Waals surface area contributed by atoms with E-state index in [1.54, 1.807) is 0 Å². The monoisotopic (exact) mass is 328 g/mol. The smallest absolute Gasteiger partial charge is 0.305 e. The molecule has 0 aromatic rings. The van der Waals surface area contributed by atoms with Crippen molar-refractivity contribution >= 4 is 38.2 Å². The number of ether oxygens (including phenoxy) is 3. The number of rotatable bonds is 9. The molecule has 0 fully saturated rings. The Balaban J connectivity index is 0. The predicted molar refractivity (Wildman–Crippen MR) is 78.7 cm³/mol. The van der Waals surface area contributed by atoms with Gasteiger partial charge in [0.25, 0.3) is 0 Å². The minimum absolute atomic E-state index is 0. The third kappa shape index (κ3) is 11.0. The molecule has 0 saturated heterocycles. The molecular formula is C12H22ClO6P. The number of carbonyl (C=O) groups excluding carboxylic acids is 3. The van der Waals surface area contributed by atoms with Crippen LogP contribution in [0.4, 0.5) is 0 Å². The van der Waals surface area contributed by atoms with E-state index in [0.29, 0.717) is 37.7 Å². The molecule has 6 nitrogen and oxygen atoms in total. The Labute approximate surface area is 126 Å². The molecule has 20 heavy (non-hydrogen) atoms. The SMILES string of the molecule is COC(=O)CCP(CCC(=O)OC)CCC(=O)OC.Cl. The second kappa shape index (κ2) is 13.1. The van der Waals surface area contributed by atoms with Crippen LogP contribution in [-0.4, -0.2) is 57.7 Å². The van der Waals surface area contributed by atoms with Crippen molar-refractivity contribution in [2.75, 3.05) is 39.8 Å². The maximum atomic E-state index is 11.1. The lowest BCUT2D eigenvalue weighted by molar-refractivity contribution is -0.140. The Bertz CT molecular complexity index is 263. The maximum Gasteiger partial charge on any atom is 0.305 e. The van der Waals surface area contributed by atoms with Crippen molar-refractivity contribution in [1.29, 1.82) is 0 Å². The Kier molecular flexibility index (Phi) is 14.1. The normalized spacial score (nSPS) is 9.60. The first-order valence-corrected chi connectivity index (χ1v) is 7.86. The van der Waals surface area contributed by atoms with Crippen molar-refractivity contribution in [3.63, 3.8) is 0 Å². The van der Waals surface area contributed by atoms with Crippen LogP contribution >= 0.6 is 20.3 Å². The molecule has 0 aliphatic carbocycles. The van der Waals surface area contributed by atoms with Crippen LogP contribution in [0.25, 0.3) is 0 Å². The highest BCUT2D eigenvalue weighted by Gasteiger charge is 2.15. The van der Waals surface area contributed by atoms with Gasteiger partial charge in [-0.25, -0.2) is 0 Å². The van der Waals surface area contributed by atoms with Gasteiger partial charge in [-0.2, -0.15) is 0 Å². The van der Waals surface area contributed by atoms with Crippen LogP contribution in [0.5, 0.6) is 0 Å². The number of methoxy groups -OCH3 is 3. The summed E-state index contributed by atoms with van der Waals surface area (Å²) in [5.74, 6) is -0.823. The van der Waals surface area contributed by atoms with E-state index in [1.165, 1.54) is 21.3 Å². The number of hydrogen-bond donors (Lipinski definition) is 0. The quantitative estimate of drug-likeness (QED) is 0.363. The van der Waals surface area contributed by atoms with Crippen molar-refractivity contribution in [3.8, 4) is 0 Å². The molecule has 0 aliphatic rings. The zero-order chi connectivity index (χ0) is 14.7. The van der Waals surface area contributed by atoms with Crippen LogP contribution in [-0.2, 0) is 28.6 Å². The van der Waals surface area contributed by atoms with Crippen molar-refractivity contribution in [1.82, 2.24) is 0 Å². The highest BCUT2D eigenvalue weighted by atomic mass is 35.5. The molecule has 8 heteroatoms. The Morgan fingerprint density at radius 2 is 0.950 bits per heavy atom. The number of hydrogen-bond acceptors (Lipinski definition) is 6. The largest absolute Gasteiger partial charge is 0.469 e. The zero-order valence-electron chi connectivity index (χ0n) is 12.0. The minimum Gasteiger partial charge on any atom is -0.469 e. The first-order valence-electron chi connectivity index (χ1n) is 5.96. The Morgan fingerprint density at radius 3 is 1.15 bits per heavy atom. The third-order valence-electron chi connectivity index (χ3n) is 2.58. The van der Waals surface area contributed by atoms with Gasteiger partial charge >= 0.3 is 17.9 Å². The van der Waals surface area contributed by atoms with Gasteiger partial charge < -0.3 is 14.2 Å². The van der Waals surface area contributed by atoms with E-state index in [4.69, 9.17) is 0 Å². The highest BCUT2D eigenvalue weighted by Crippen LogP contribution is 2.37. The van der Waals surface area contributed by atoms with Gasteiger partial charge in [0.2, 0.25) is 0 Å². The van der Waals surface area contributed by atoms with Crippen LogP contribution in [0, 0.1) is 0 Å². The molecule has 0 rings (SSSR count). The van der Waals surface area contributed by atoms with Gasteiger partial charge in [-0.05, 0) is 18.5 Å². The molecule has 0 bridgehead atoms. The summed E-state index contributed by atoms with van der Waals surface area (Å²) < 4.78 is 13.7. The summed E-state index contributed by atoms with van der Waals surface area (Å²) in [5, 5.41) is 0. The summed E-state index contributed by atoms with van der Waals surface area (Å²) in [6.45, 7) is 0. The molecule has 0 atom stereocenters. The molecule has 0 saturated carbocycles. The van der Waals surface area contributed by atoms with E-state index in [9.17, 15) is 14.4 Å². The molecule has 0 spiro atoms. The lowest BCUT2D eigenvalue weighted by Gasteiger charge is -2.16. The molecule has 0 amide bonds. The fourth-order valence-electron chi connectivity index (χ4n) is 1.39. The summed E-state index contributed by atoms with van der Waals surface area (Å²) in [6, 6.07) is 0. The molecular weight excluding hydrogens is 307 g/mol. The van der Waals surface area contributed by atoms with Crippen molar-refractivity contribution < 1.29 is 28.6 Å². The average Bonchev–Trinajstić information content (AvgIpc) is 2.44. The topological polar surface area (TPSA) is 78.9 Å². The number of carbonyl (C=O) groups is 3. The standard InChI is InChI=1S/C12H21O6P.ClH/c1-16-10(13)4-7-19(8-5-11(14)17-2)9-6-12(15)18-3;/h4-9H2,1-3H3;1H. The molecule has 0 unspecified atom stereocenters. The second-order valence-corrected chi connectivity index (χ2v) is 6.50. The van der Waals surface area contributed by atoms with Gasteiger partial charge in [0, 0.05) is 19.3 Å². The van der Waals surface area contributed by atoms with Gasteiger partial charge in [-0.3, -0.25) is 14.4 Å². The maximum absolute atomic E-state index is 11.1. The first kappa shape index (κ1) is 21.4. The van der Waals surface area contributed by atoms with Crippen molar-refractivity contribution in [2.45, 2.75) is 19.3 Å². The van der Waals surface area contributed by atoms with Gasteiger partial charge in [0.05, 0.1) is 21.3 Å². The summed E-state index contributed by atoms with van der Waals surface area (Å²) >= 11 is 0. The molecule has 0 aromatic carbocycles. The van der Waals surface area contributed by atoms with Crippen molar-refractivity contribution in [3.05, 3.63) is 0 Å². The Morgan fingerprint density at radius 1 is 0.700 bits per heavy atom. The van der Waals surface area contributed by atoms with Gasteiger partial charge in [0.1, 0.15) is 0 Å². The fourth-order valence-corrected chi connectivity index (χ4v) is 3.56. The van der Waals surface area contributed by atoms with Crippen LogP contribution < -0.4 is 0 Å². The zero-order valence-corrected chi connectivity index (χ0v) is 13.8. The van der Waals surface area contributed by atoms with E-state index < -0.39 is 7.92 Å². The van der Waals surface area contributed by atoms with E-state index in [2.05, 4.69) is 14.2 Å². The fraction of sp³-hybridized carbons (Fsp3) is 0.750. The summed E-state index contributed by atoms with van der Waals surface area (Å²) in [6.07, 6.45) is 2.88. The Hall–Kier alpha value is -0.870. The summed E-state index contributed by atoms with van der Waals surface area (Å²) in [7, 11) is 3.44. The van der Waals surface area contributed by atoms with Crippen LogP contribution in [0.1, 0.15) is 19.3 Å². The lowest BCUT2D eigenvalue weighted by atomic mass is 10.5. The molecule has 0 aliphatic heterocycles. The average molecular weight is 329 g/mol.